The summed E-state index contributed by atoms with van der Waals surface area (Å²) in [5.41, 5.74) is 2.76. The monoisotopic (exact) mass is 364 g/mol. The number of hydrogen-bond acceptors (Lipinski definition) is 2. The molecule has 0 aromatic carbocycles. The maximum Gasteiger partial charge on any atom is 0.195 e. The highest BCUT2D eigenvalue weighted by Crippen LogP contribution is 2.19. The maximum absolute atomic E-state index is 11.2. The van der Waals surface area contributed by atoms with Crippen LogP contribution in [-0.2, 0) is 4.79 Å². The summed E-state index contributed by atoms with van der Waals surface area (Å²) in [6.45, 7) is 8.83. The summed E-state index contributed by atoms with van der Waals surface area (Å²) < 4.78 is 0.242. The minimum Gasteiger partial charge on any atom is -0.371 e. The molecule has 104 valence electrons. The summed E-state index contributed by atoms with van der Waals surface area (Å²) in [6.07, 6.45) is 4.08. The molecule has 0 saturated heterocycles. The second-order valence-electron chi connectivity index (χ2n) is 4.86. The van der Waals surface area contributed by atoms with Crippen molar-refractivity contribution in [3.05, 3.63) is 11.1 Å². The van der Waals surface area contributed by atoms with Gasteiger partial charge in [-0.05, 0) is 55.7 Å². The molecule has 0 aliphatic carbocycles. The van der Waals surface area contributed by atoms with Crippen LogP contribution in [0, 0.1) is 11.3 Å². The summed E-state index contributed by atoms with van der Waals surface area (Å²) >= 11 is 1.88. The lowest BCUT2D eigenvalue weighted by atomic mass is 9.97. The van der Waals surface area contributed by atoms with Crippen LogP contribution in [-0.4, -0.2) is 16.2 Å². The average Bonchev–Trinajstić information content (AvgIpc) is 2.30. The molecule has 0 aromatic heterocycles. The second-order valence-corrected chi connectivity index (χ2v) is 5.92. The number of carbonyl (C=O) groups is 1. The summed E-state index contributed by atoms with van der Waals surface area (Å²) in [5, 5.41) is 10.5. The second kappa shape index (κ2) is 9.53. The molecule has 0 aliphatic rings. The van der Waals surface area contributed by atoms with Crippen molar-refractivity contribution in [2.24, 2.45) is 5.92 Å². The smallest absolute Gasteiger partial charge is 0.195 e. The Hall–Kier alpha value is -0.390. The Bertz CT molecular complexity index is 324. The Morgan fingerprint density at radius 1 is 1.33 bits per heavy atom. The molecule has 1 unspecified atom stereocenters. The van der Waals surface area contributed by atoms with Crippen molar-refractivity contribution >= 4 is 32.2 Å². The molecule has 0 amide bonds. The van der Waals surface area contributed by atoms with Crippen LogP contribution in [0.5, 0.6) is 0 Å². The molecular formula is C14H25IN2O. The minimum absolute atomic E-state index is 0.140. The van der Waals surface area contributed by atoms with Gasteiger partial charge in [0.2, 0.25) is 0 Å². The van der Waals surface area contributed by atoms with Gasteiger partial charge < -0.3 is 5.32 Å². The zero-order valence-corrected chi connectivity index (χ0v) is 14.1. The van der Waals surface area contributed by atoms with Crippen molar-refractivity contribution in [1.29, 1.82) is 5.41 Å². The molecule has 0 bridgehead atoms. The van der Waals surface area contributed by atoms with E-state index < -0.39 is 0 Å². The van der Waals surface area contributed by atoms with Gasteiger partial charge in [0.05, 0.1) is 5.84 Å². The van der Waals surface area contributed by atoms with E-state index in [9.17, 15) is 4.79 Å². The molecule has 0 rings (SSSR count). The van der Waals surface area contributed by atoms with Crippen LogP contribution in [0.4, 0.5) is 0 Å². The number of hydrogen-bond donors (Lipinski definition) is 2. The Morgan fingerprint density at radius 3 is 2.39 bits per heavy atom. The van der Waals surface area contributed by atoms with Crippen molar-refractivity contribution in [3.8, 4) is 0 Å². The van der Waals surface area contributed by atoms with Crippen LogP contribution >= 0.6 is 22.6 Å². The quantitative estimate of drug-likeness (QED) is 0.224. The summed E-state index contributed by atoms with van der Waals surface area (Å²) in [4.78, 5) is 11.2. The third kappa shape index (κ3) is 7.84. The zero-order chi connectivity index (χ0) is 14.1. The lowest BCUT2D eigenvalue weighted by molar-refractivity contribution is -0.112. The van der Waals surface area contributed by atoms with E-state index in [2.05, 4.69) is 19.2 Å². The van der Waals surface area contributed by atoms with Gasteiger partial charge in [0.1, 0.15) is 0 Å². The van der Waals surface area contributed by atoms with Crippen molar-refractivity contribution < 1.29 is 4.79 Å². The van der Waals surface area contributed by atoms with Gasteiger partial charge in [0, 0.05) is 12.5 Å². The molecule has 0 heterocycles. The van der Waals surface area contributed by atoms with E-state index >= 15 is 0 Å². The topological polar surface area (TPSA) is 53.0 Å². The van der Waals surface area contributed by atoms with E-state index in [-0.39, 0.29) is 9.71 Å². The van der Waals surface area contributed by atoms with Crippen molar-refractivity contribution in [2.45, 2.75) is 53.4 Å². The van der Waals surface area contributed by atoms with E-state index in [0.29, 0.717) is 5.84 Å². The van der Waals surface area contributed by atoms with Gasteiger partial charge in [-0.25, -0.2) is 0 Å². The number of halogens is 1. The standard InChI is InChI=1S/C14H25IN2O/c1-5-6-13(9-17-12(4)16)10(2)7-8-11(3)14(15)18/h11H,5-9H2,1-4H3,(H2,16,17)/b13-10+. The van der Waals surface area contributed by atoms with E-state index in [4.69, 9.17) is 5.41 Å². The number of carbonyl (C=O) groups excluding carboxylic acids is 1. The molecule has 18 heavy (non-hydrogen) atoms. The van der Waals surface area contributed by atoms with Gasteiger partial charge >= 0.3 is 0 Å². The van der Waals surface area contributed by atoms with E-state index in [1.54, 1.807) is 6.92 Å². The number of nitrogens with one attached hydrogen (secondary N) is 2. The largest absolute Gasteiger partial charge is 0.371 e. The molecule has 4 heteroatoms. The van der Waals surface area contributed by atoms with Gasteiger partial charge in [0.25, 0.3) is 0 Å². The van der Waals surface area contributed by atoms with Crippen LogP contribution in [0.3, 0.4) is 0 Å². The SMILES string of the molecule is CCC/C(CNC(C)=N)=C(/C)CCC(C)C(=O)I. The highest BCUT2D eigenvalue weighted by Gasteiger charge is 2.10. The van der Waals surface area contributed by atoms with Gasteiger partial charge in [0.15, 0.2) is 3.79 Å². The number of amidine groups is 1. The number of allylic oxidation sites excluding steroid dienone is 1. The predicted octanol–water partition coefficient (Wildman–Crippen LogP) is 4.07. The fraction of sp³-hybridized carbons (Fsp3) is 0.714. The summed E-state index contributed by atoms with van der Waals surface area (Å²) in [6, 6.07) is 0. The zero-order valence-electron chi connectivity index (χ0n) is 11.9. The highest BCUT2D eigenvalue weighted by atomic mass is 127. The molecular weight excluding hydrogens is 339 g/mol. The van der Waals surface area contributed by atoms with E-state index in [1.165, 1.54) is 11.1 Å². The van der Waals surface area contributed by atoms with Crippen LogP contribution in [0.25, 0.3) is 0 Å². The molecule has 0 aromatic rings. The third-order valence-electron chi connectivity index (χ3n) is 3.06. The summed E-state index contributed by atoms with van der Waals surface area (Å²) in [7, 11) is 0. The average molecular weight is 364 g/mol. The Morgan fingerprint density at radius 2 is 1.94 bits per heavy atom. The molecule has 0 aliphatic heterocycles. The highest BCUT2D eigenvalue weighted by molar-refractivity contribution is 14.1. The van der Waals surface area contributed by atoms with Crippen molar-refractivity contribution in [3.63, 3.8) is 0 Å². The Balaban J connectivity index is 4.45. The van der Waals surface area contributed by atoms with Gasteiger partial charge in [-0.2, -0.15) is 0 Å². The third-order valence-corrected chi connectivity index (χ3v) is 4.13. The first kappa shape index (κ1) is 17.6. The maximum atomic E-state index is 11.2. The molecule has 0 radical (unpaired) electrons. The fourth-order valence-corrected chi connectivity index (χ4v) is 2.03. The van der Waals surface area contributed by atoms with Crippen LogP contribution in [0.2, 0.25) is 0 Å². The Labute approximate surface area is 124 Å². The van der Waals surface area contributed by atoms with E-state index in [0.717, 1.165) is 32.2 Å². The molecule has 2 N–H and O–H groups in total. The number of rotatable bonds is 8. The molecule has 1 atom stereocenters. The van der Waals surface area contributed by atoms with Crippen LogP contribution in [0.15, 0.2) is 11.1 Å². The molecule has 3 nitrogen and oxygen atoms in total. The van der Waals surface area contributed by atoms with Gasteiger partial charge in [-0.15, -0.1) is 0 Å². The lowest BCUT2D eigenvalue weighted by Crippen LogP contribution is -2.22. The normalized spacial score (nSPS) is 13.8. The van der Waals surface area contributed by atoms with Gasteiger partial charge in [-0.3, -0.25) is 10.2 Å². The Kier molecular flexibility index (Phi) is 9.32. The van der Waals surface area contributed by atoms with E-state index in [1.807, 2.05) is 29.5 Å². The van der Waals surface area contributed by atoms with Crippen LogP contribution < -0.4 is 5.32 Å². The minimum atomic E-state index is 0.140. The lowest BCUT2D eigenvalue weighted by Gasteiger charge is -2.14. The first-order valence-corrected chi connectivity index (χ1v) is 7.62. The molecule has 0 spiro atoms. The first-order chi connectivity index (χ1) is 8.38. The van der Waals surface area contributed by atoms with Gasteiger partial charge in [-0.1, -0.05) is 31.4 Å². The van der Waals surface area contributed by atoms with Crippen molar-refractivity contribution in [2.75, 3.05) is 6.54 Å². The molecule has 0 saturated carbocycles. The predicted molar refractivity (Wildman–Crippen MR) is 86.4 cm³/mol. The fourth-order valence-electron chi connectivity index (χ4n) is 1.72. The first-order valence-electron chi connectivity index (χ1n) is 6.54. The summed E-state index contributed by atoms with van der Waals surface area (Å²) in [5.74, 6) is 0.646. The molecule has 0 fully saturated rings. The van der Waals surface area contributed by atoms with Crippen LogP contribution in [0.1, 0.15) is 53.4 Å². The van der Waals surface area contributed by atoms with Crippen molar-refractivity contribution in [1.82, 2.24) is 5.32 Å².